The van der Waals surface area contributed by atoms with Crippen molar-refractivity contribution in [3.05, 3.63) is 0 Å². The van der Waals surface area contributed by atoms with E-state index in [0.29, 0.717) is 5.41 Å². The lowest BCUT2D eigenvalue weighted by atomic mass is 9.63. The Labute approximate surface area is 140 Å². The Bertz CT molecular complexity index is 252. The summed E-state index contributed by atoms with van der Waals surface area (Å²) in [5, 5.41) is 0. The van der Waals surface area contributed by atoms with Gasteiger partial charge in [-0.3, -0.25) is 0 Å². The van der Waals surface area contributed by atoms with Crippen LogP contribution in [0.4, 0.5) is 0 Å². The molecule has 0 aromatic heterocycles. The molecule has 2 fully saturated rings. The fourth-order valence-electron chi connectivity index (χ4n) is 5.55. The molecule has 2 saturated carbocycles. The highest BCUT2D eigenvalue weighted by molar-refractivity contribution is 4.92. The molecule has 0 nitrogen and oxygen atoms in total. The highest BCUT2D eigenvalue weighted by atomic mass is 14.5. The Kier molecular flexibility index (Phi) is 8.33. The van der Waals surface area contributed by atoms with Crippen LogP contribution in [0, 0.1) is 17.3 Å². The number of hydrogen-bond donors (Lipinski definition) is 0. The molecular weight excluding hydrogens is 264 g/mol. The van der Waals surface area contributed by atoms with E-state index in [1.54, 1.807) is 25.7 Å². The Morgan fingerprint density at radius 3 is 1.50 bits per heavy atom. The molecule has 0 aliphatic heterocycles. The van der Waals surface area contributed by atoms with Crippen molar-refractivity contribution in [2.24, 2.45) is 17.3 Å². The summed E-state index contributed by atoms with van der Waals surface area (Å²) in [5.41, 5.74) is 0.704. The first kappa shape index (κ1) is 18.3. The quantitative estimate of drug-likeness (QED) is 0.340. The fraction of sp³-hybridized carbons (Fsp3) is 1.00. The molecule has 0 aromatic carbocycles. The van der Waals surface area contributed by atoms with Gasteiger partial charge in [-0.05, 0) is 49.4 Å². The summed E-state index contributed by atoms with van der Waals surface area (Å²) < 4.78 is 0. The van der Waals surface area contributed by atoms with Crippen LogP contribution >= 0.6 is 0 Å². The minimum absolute atomic E-state index is 0.704. The molecule has 2 rings (SSSR count). The summed E-state index contributed by atoms with van der Waals surface area (Å²) in [6, 6.07) is 0. The Balaban J connectivity index is 1.68. The van der Waals surface area contributed by atoms with Crippen LogP contribution in [-0.2, 0) is 0 Å². The van der Waals surface area contributed by atoms with Crippen LogP contribution in [0.5, 0.6) is 0 Å². The van der Waals surface area contributed by atoms with Crippen LogP contribution in [0.15, 0.2) is 0 Å². The molecule has 0 aromatic rings. The van der Waals surface area contributed by atoms with Crippen LogP contribution < -0.4 is 0 Å². The van der Waals surface area contributed by atoms with Crippen LogP contribution in [0.1, 0.15) is 123 Å². The molecule has 2 aliphatic carbocycles. The SMILES string of the molecule is CCCCCCCCCCC(C)(C1CCCC1)C1CCCC1. The fourth-order valence-corrected chi connectivity index (χ4v) is 5.55. The summed E-state index contributed by atoms with van der Waals surface area (Å²) in [4.78, 5) is 0. The van der Waals surface area contributed by atoms with Crippen molar-refractivity contribution in [2.45, 2.75) is 123 Å². The average Bonchev–Trinajstić information content (AvgIpc) is 3.23. The molecule has 0 unspecified atom stereocenters. The molecule has 0 amide bonds. The first-order valence-corrected chi connectivity index (χ1v) is 10.8. The van der Waals surface area contributed by atoms with Crippen molar-refractivity contribution >= 4 is 0 Å². The van der Waals surface area contributed by atoms with E-state index in [0.717, 1.165) is 11.8 Å². The Hall–Kier alpha value is 0. The monoisotopic (exact) mass is 306 g/mol. The molecule has 0 heterocycles. The summed E-state index contributed by atoms with van der Waals surface area (Å²) in [7, 11) is 0. The van der Waals surface area contributed by atoms with E-state index in [9.17, 15) is 0 Å². The molecular formula is C22H42. The van der Waals surface area contributed by atoms with E-state index >= 15 is 0 Å². The molecule has 0 N–H and O–H groups in total. The highest BCUT2D eigenvalue weighted by Crippen LogP contribution is 2.52. The summed E-state index contributed by atoms with van der Waals surface area (Å²) in [6.07, 6.45) is 25.6. The van der Waals surface area contributed by atoms with Gasteiger partial charge in [-0.25, -0.2) is 0 Å². The zero-order valence-electron chi connectivity index (χ0n) is 15.7. The average molecular weight is 307 g/mol. The molecule has 0 atom stereocenters. The number of unbranched alkanes of at least 4 members (excludes halogenated alkanes) is 7. The number of rotatable bonds is 11. The van der Waals surface area contributed by atoms with Gasteiger partial charge in [0.05, 0.1) is 0 Å². The van der Waals surface area contributed by atoms with Gasteiger partial charge in [0.15, 0.2) is 0 Å². The van der Waals surface area contributed by atoms with E-state index < -0.39 is 0 Å². The zero-order chi connectivity index (χ0) is 15.7. The van der Waals surface area contributed by atoms with E-state index in [-0.39, 0.29) is 0 Å². The van der Waals surface area contributed by atoms with Crippen molar-refractivity contribution in [3.63, 3.8) is 0 Å². The van der Waals surface area contributed by atoms with Gasteiger partial charge in [-0.2, -0.15) is 0 Å². The van der Waals surface area contributed by atoms with E-state index in [1.165, 1.54) is 83.5 Å². The van der Waals surface area contributed by atoms with Crippen molar-refractivity contribution in [1.29, 1.82) is 0 Å². The third kappa shape index (κ3) is 5.27. The Morgan fingerprint density at radius 2 is 1.05 bits per heavy atom. The molecule has 0 bridgehead atoms. The number of hydrogen-bond acceptors (Lipinski definition) is 0. The lowest BCUT2D eigenvalue weighted by molar-refractivity contribution is 0.0810. The van der Waals surface area contributed by atoms with Gasteiger partial charge in [0.1, 0.15) is 0 Å². The van der Waals surface area contributed by atoms with Crippen molar-refractivity contribution in [2.75, 3.05) is 0 Å². The van der Waals surface area contributed by atoms with Gasteiger partial charge >= 0.3 is 0 Å². The third-order valence-electron chi connectivity index (χ3n) is 7.14. The van der Waals surface area contributed by atoms with Crippen LogP contribution in [-0.4, -0.2) is 0 Å². The van der Waals surface area contributed by atoms with Gasteiger partial charge in [-0.1, -0.05) is 90.9 Å². The van der Waals surface area contributed by atoms with E-state index in [2.05, 4.69) is 13.8 Å². The van der Waals surface area contributed by atoms with Crippen LogP contribution in [0.3, 0.4) is 0 Å². The van der Waals surface area contributed by atoms with Gasteiger partial charge in [-0.15, -0.1) is 0 Å². The molecule has 0 saturated heterocycles. The van der Waals surface area contributed by atoms with E-state index in [4.69, 9.17) is 0 Å². The standard InChI is InChI=1S/C22H42/c1-3-4-5-6-7-8-9-14-19-22(2,20-15-10-11-16-20)21-17-12-13-18-21/h20-21H,3-19H2,1-2H3. The zero-order valence-corrected chi connectivity index (χ0v) is 15.7. The maximum Gasteiger partial charge on any atom is -0.0269 e. The minimum Gasteiger partial charge on any atom is -0.0654 e. The van der Waals surface area contributed by atoms with Crippen molar-refractivity contribution in [1.82, 2.24) is 0 Å². The normalized spacial score (nSPS) is 21.0. The molecule has 130 valence electrons. The highest BCUT2D eigenvalue weighted by Gasteiger charge is 2.42. The maximum atomic E-state index is 2.69. The molecule has 22 heavy (non-hydrogen) atoms. The summed E-state index contributed by atoms with van der Waals surface area (Å²) >= 11 is 0. The topological polar surface area (TPSA) is 0 Å². The van der Waals surface area contributed by atoms with E-state index in [1.807, 2.05) is 0 Å². The summed E-state index contributed by atoms with van der Waals surface area (Å²) in [5.74, 6) is 2.14. The summed E-state index contributed by atoms with van der Waals surface area (Å²) in [6.45, 7) is 5.01. The first-order valence-electron chi connectivity index (χ1n) is 10.8. The van der Waals surface area contributed by atoms with Crippen molar-refractivity contribution in [3.8, 4) is 0 Å². The van der Waals surface area contributed by atoms with Crippen LogP contribution in [0.2, 0.25) is 0 Å². The van der Waals surface area contributed by atoms with Gasteiger partial charge < -0.3 is 0 Å². The molecule has 0 heteroatoms. The predicted octanol–water partition coefficient (Wildman–Crippen LogP) is 7.90. The molecule has 2 aliphatic rings. The second-order valence-electron chi connectivity index (χ2n) is 8.69. The first-order chi connectivity index (χ1) is 10.8. The molecule has 0 radical (unpaired) electrons. The smallest absolute Gasteiger partial charge is 0.0269 e. The predicted molar refractivity (Wildman–Crippen MR) is 99.3 cm³/mol. The second kappa shape index (κ2) is 9.99. The van der Waals surface area contributed by atoms with Gasteiger partial charge in [0.25, 0.3) is 0 Å². The van der Waals surface area contributed by atoms with Gasteiger partial charge in [0, 0.05) is 0 Å². The second-order valence-corrected chi connectivity index (χ2v) is 8.69. The maximum absolute atomic E-state index is 2.69. The largest absolute Gasteiger partial charge is 0.0654 e. The van der Waals surface area contributed by atoms with Gasteiger partial charge in [0.2, 0.25) is 0 Å². The minimum atomic E-state index is 0.704. The Morgan fingerprint density at radius 1 is 0.636 bits per heavy atom. The van der Waals surface area contributed by atoms with Crippen LogP contribution in [0.25, 0.3) is 0 Å². The van der Waals surface area contributed by atoms with Crippen molar-refractivity contribution < 1.29 is 0 Å². The lowest BCUT2D eigenvalue weighted by Crippen LogP contribution is -2.33. The lowest BCUT2D eigenvalue weighted by Gasteiger charge is -2.41. The third-order valence-corrected chi connectivity index (χ3v) is 7.14. The molecule has 0 spiro atoms.